The van der Waals surface area contributed by atoms with Gasteiger partial charge in [-0.1, -0.05) is 32.1 Å². The maximum atomic E-state index is 12.9. The van der Waals surface area contributed by atoms with Gasteiger partial charge in [-0.05, 0) is 59.4 Å². The third-order valence-electron chi connectivity index (χ3n) is 6.46. The second-order valence-corrected chi connectivity index (χ2v) is 10.3. The number of amides is 2. The molecule has 2 rings (SSSR count). The Hall–Kier alpha value is -0.890. The summed E-state index contributed by atoms with van der Waals surface area (Å²) in [4.78, 5) is 17.0. The average molecular weight is 428 g/mol. The zero-order chi connectivity index (χ0) is 22.1. The summed E-state index contributed by atoms with van der Waals surface area (Å²) in [6.45, 7) is 8.16. The number of carbonyl (C=O) groups is 1. The summed E-state index contributed by atoms with van der Waals surface area (Å²) in [7, 11) is 0. The SMILES string of the molecule is CC(C)(C)NC(=O)N(CCCCCCN1C[C@H](O)[C@@H](O)C[C@H]1CO)C1CCCCC1. The van der Waals surface area contributed by atoms with E-state index in [1.807, 2.05) is 20.8 Å². The average Bonchev–Trinajstić information content (AvgIpc) is 2.69. The number of hydrogen-bond acceptors (Lipinski definition) is 5. The molecule has 1 heterocycles. The van der Waals surface area contributed by atoms with Gasteiger partial charge < -0.3 is 25.5 Å². The van der Waals surface area contributed by atoms with E-state index in [2.05, 4.69) is 15.1 Å². The van der Waals surface area contributed by atoms with Crippen LogP contribution >= 0.6 is 0 Å². The fourth-order valence-electron chi connectivity index (χ4n) is 4.75. The molecule has 30 heavy (non-hydrogen) atoms. The molecular formula is C23H45N3O4. The molecular weight excluding hydrogens is 382 g/mol. The van der Waals surface area contributed by atoms with Gasteiger partial charge in [-0.25, -0.2) is 4.79 Å². The summed E-state index contributed by atoms with van der Waals surface area (Å²) in [6, 6.07) is 0.375. The van der Waals surface area contributed by atoms with E-state index < -0.39 is 12.2 Å². The van der Waals surface area contributed by atoms with Crippen LogP contribution in [0.1, 0.15) is 85.0 Å². The highest BCUT2D eigenvalue weighted by Gasteiger charge is 2.32. The summed E-state index contributed by atoms with van der Waals surface area (Å²) in [6.07, 6.45) is 9.03. The van der Waals surface area contributed by atoms with Crippen LogP contribution in [0, 0.1) is 0 Å². The summed E-state index contributed by atoms with van der Waals surface area (Å²) in [5.41, 5.74) is -0.222. The number of β-amino-alcohol motifs (C(OH)–C–C–N with tert-alkyl or cyclic N) is 1. The van der Waals surface area contributed by atoms with E-state index in [1.165, 1.54) is 19.3 Å². The molecule has 0 radical (unpaired) electrons. The van der Waals surface area contributed by atoms with Crippen LogP contribution in [0.25, 0.3) is 0 Å². The standard InChI is InChI=1S/C23H45N3O4/c1-23(2,3)24-22(30)26(18-11-7-6-8-12-18)14-10-5-4-9-13-25-16-21(29)20(28)15-19(25)17-27/h18-21,27-29H,4-17H2,1-3H3,(H,24,30)/t19-,20-,21-/m0/s1. The minimum absolute atomic E-state index is 0.0169. The Bertz CT molecular complexity index is 505. The Kier molecular flexibility index (Phi) is 10.3. The molecule has 2 fully saturated rings. The largest absolute Gasteiger partial charge is 0.395 e. The molecule has 2 aliphatic rings. The normalized spacial score (nSPS) is 26.5. The van der Waals surface area contributed by atoms with Gasteiger partial charge in [0.25, 0.3) is 0 Å². The lowest BCUT2D eigenvalue weighted by Gasteiger charge is -2.39. The molecule has 1 aliphatic heterocycles. The lowest BCUT2D eigenvalue weighted by atomic mass is 9.94. The molecule has 2 amide bonds. The molecule has 1 aliphatic carbocycles. The quantitative estimate of drug-likeness (QED) is 0.424. The van der Waals surface area contributed by atoms with Crippen LogP contribution in [-0.4, -0.2) is 87.2 Å². The van der Waals surface area contributed by atoms with E-state index >= 15 is 0 Å². The van der Waals surface area contributed by atoms with Crippen molar-refractivity contribution in [1.82, 2.24) is 15.1 Å². The van der Waals surface area contributed by atoms with Crippen molar-refractivity contribution >= 4 is 6.03 Å². The van der Waals surface area contributed by atoms with E-state index in [1.54, 1.807) is 0 Å². The maximum absolute atomic E-state index is 12.9. The fourth-order valence-corrected chi connectivity index (χ4v) is 4.75. The topological polar surface area (TPSA) is 96.3 Å². The second kappa shape index (κ2) is 12.2. The van der Waals surface area contributed by atoms with E-state index in [-0.39, 0.29) is 24.2 Å². The minimum Gasteiger partial charge on any atom is -0.395 e. The zero-order valence-electron chi connectivity index (χ0n) is 19.4. The van der Waals surface area contributed by atoms with Gasteiger partial charge in [0.05, 0.1) is 18.8 Å². The first-order chi connectivity index (χ1) is 14.2. The van der Waals surface area contributed by atoms with Crippen LogP contribution in [0.5, 0.6) is 0 Å². The predicted molar refractivity (Wildman–Crippen MR) is 119 cm³/mol. The van der Waals surface area contributed by atoms with Gasteiger partial charge in [-0.15, -0.1) is 0 Å². The van der Waals surface area contributed by atoms with Crippen LogP contribution in [0.3, 0.4) is 0 Å². The van der Waals surface area contributed by atoms with Crippen molar-refractivity contribution in [1.29, 1.82) is 0 Å². The molecule has 0 aromatic heterocycles. The van der Waals surface area contributed by atoms with Gasteiger partial charge in [0, 0.05) is 30.7 Å². The van der Waals surface area contributed by atoms with Crippen molar-refractivity contribution in [2.24, 2.45) is 0 Å². The van der Waals surface area contributed by atoms with Gasteiger partial charge in [-0.2, -0.15) is 0 Å². The number of nitrogens with one attached hydrogen (secondary N) is 1. The number of piperidine rings is 1. The smallest absolute Gasteiger partial charge is 0.318 e. The van der Waals surface area contributed by atoms with Gasteiger partial charge in [0.2, 0.25) is 0 Å². The molecule has 0 unspecified atom stereocenters. The van der Waals surface area contributed by atoms with Gasteiger partial charge >= 0.3 is 6.03 Å². The number of carbonyl (C=O) groups excluding carboxylic acids is 1. The predicted octanol–water partition coefficient (Wildman–Crippen LogP) is 2.48. The Morgan fingerprint density at radius 3 is 2.33 bits per heavy atom. The number of nitrogens with zero attached hydrogens (tertiary/aromatic N) is 2. The van der Waals surface area contributed by atoms with E-state index in [0.29, 0.717) is 19.0 Å². The summed E-state index contributed by atoms with van der Waals surface area (Å²) in [5.74, 6) is 0. The number of hydrogen-bond donors (Lipinski definition) is 4. The van der Waals surface area contributed by atoms with Crippen molar-refractivity contribution in [3.05, 3.63) is 0 Å². The van der Waals surface area contributed by atoms with Crippen molar-refractivity contribution in [3.8, 4) is 0 Å². The summed E-state index contributed by atoms with van der Waals surface area (Å²) in [5, 5.41) is 32.4. The molecule has 1 saturated carbocycles. The molecule has 0 aromatic carbocycles. The third-order valence-corrected chi connectivity index (χ3v) is 6.46. The number of urea groups is 1. The van der Waals surface area contributed by atoms with Crippen molar-refractivity contribution in [2.75, 3.05) is 26.2 Å². The van der Waals surface area contributed by atoms with Crippen molar-refractivity contribution in [3.63, 3.8) is 0 Å². The van der Waals surface area contributed by atoms with Gasteiger partial charge in [-0.3, -0.25) is 4.90 Å². The molecule has 1 saturated heterocycles. The van der Waals surface area contributed by atoms with E-state index in [9.17, 15) is 20.1 Å². The first-order valence-electron chi connectivity index (χ1n) is 12.0. The number of likely N-dealkylation sites (tertiary alicyclic amines) is 1. The summed E-state index contributed by atoms with van der Waals surface area (Å²) < 4.78 is 0. The highest BCUT2D eigenvalue weighted by atomic mass is 16.3. The summed E-state index contributed by atoms with van der Waals surface area (Å²) >= 11 is 0. The van der Waals surface area contributed by atoms with Gasteiger partial charge in [0.15, 0.2) is 0 Å². The lowest BCUT2D eigenvalue weighted by Crippen LogP contribution is -2.53. The highest BCUT2D eigenvalue weighted by Crippen LogP contribution is 2.24. The molecule has 3 atom stereocenters. The van der Waals surface area contributed by atoms with Crippen LogP contribution in [0.15, 0.2) is 0 Å². The third kappa shape index (κ3) is 8.33. The molecule has 7 heteroatoms. The van der Waals surface area contributed by atoms with Crippen molar-refractivity contribution < 1.29 is 20.1 Å². The van der Waals surface area contributed by atoms with Crippen LogP contribution < -0.4 is 5.32 Å². The van der Waals surface area contributed by atoms with Crippen LogP contribution in [0.4, 0.5) is 4.79 Å². The first kappa shape index (κ1) is 25.4. The maximum Gasteiger partial charge on any atom is 0.318 e. The molecule has 4 N–H and O–H groups in total. The Morgan fingerprint density at radius 1 is 1.03 bits per heavy atom. The highest BCUT2D eigenvalue weighted by molar-refractivity contribution is 5.75. The Morgan fingerprint density at radius 2 is 1.70 bits per heavy atom. The number of aliphatic hydroxyl groups is 3. The number of rotatable bonds is 9. The number of aliphatic hydroxyl groups excluding tert-OH is 3. The monoisotopic (exact) mass is 427 g/mol. The fraction of sp³-hybridized carbons (Fsp3) is 0.957. The molecule has 0 aromatic rings. The van der Waals surface area contributed by atoms with E-state index in [0.717, 1.165) is 51.6 Å². The van der Waals surface area contributed by atoms with Crippen LogP contribution in [0.2, 0.25) is 0 Å². The van der Waals surface area contributed by atoms with E-state index in [4.69, 9.17) is 0 Å². The van der Waals surface area contributed by atoms with Crippen molar-refractivity contribution in [2.45, 2.75) is 115 Å². The minimum atomic E-state index is -0.733. The molecule has 176 valence electrons. The van der Waals surface area contributed by atoms with Gasteiger partial charge in [0.1, 0.15) is 0 Å². The Balaban J connectivity index is 1.73. The molecule has 7 nitrogen and oxygen atoms in total. The first-order valence-corrected chi connectivity index (χ1v) is 12.0. The molecule has 0 spiro atoms. The molecule has 0 bridgehead atoms. The number of unbranched alkanes of at least 4 members (excludes halogenated alkanes) is 3. The lowest BCUT2D eigenvalue weighted by molar-refractivity contribution is -0.0710. The second-order valence-electron chi connectivity index (χ2n) is 10.3. The Labute approximate surface area is 182 Å². The van der Waals surface area contributed by atoms with Crippen LogP contribution in [-0.2, 0) is 0 Å². The zero-order valence-corrected chi connectivity index (χ0v) is 19.4.